The van der Waals surface area contributed by atoms with Gasteiger partial charge in [0, 0.05) is 18.0 Å². The predicted molar refractivity (Wildman–Crippen MR) is 188 cm³/mol. The zero-order valence-electron chi connectivity index (χ0n) is 29.6. The van der Waals surface area contributed by atoms with Gasteiger partial charge < -0.3 is 26.2 Å². The monoisotopic (exact) mass is 703 g/mol. The van der Waals surface area contributed by atoms with Gasteiger partial charge in [-0.3, -0.25) is 19.2 Å². The summed E-state index contributed by atoms with van der Waals surface area (Å²) < 4.78 is 25.8. The molecule has 13 heteroatoms. The van der Waals surface area contributed by atoms with Crippen LogP contribution in [0.15, 0.2) is 24.1 Å². The third kappa shape index (κ3) is 9.32. The van der Waals surface area contributed by atoms with Crippen molar-refractivity contribution in [1.29, 1.82) is 0 Å². The van der Waals surface area contributed by atoms with Crippen LogP contribution in [-0.4, -0.2) is 85.4 Å². The molecule has 2 aliphatic carbocycles. The molecule has 0 aromatic carbocycles. The van der Waals surface area contributed by atoms with E-state index in [0.717, 1.165) is 51.4 Å². The quantitative estimate of drug-likeness (QED) is 0.210. The van der Waals surface area contributed by atoms with E-state index in [1.807, 2.05) is 0 Å². The molecular formula is C36H57N5O7S. The van der Waals surface area contributed by atoms with Crippen LogP contribution in [0.2, 0.25) is 0 Å². The van der Waals surface area contributed by atoms with Crippen molar-refractivity contribution in [2.45, 2.75) is 134 Å². The van der Waals surface area contributed by atoms with Crippen LogP contribution in [0.1, 0.15) is 111 Å². The molecule has 0 radical (unpaired) electrons. The molecule has 12 nitrogen and oxygen atoms in total. The van der Waals surface area contributed by atoms with Crippen molar-refractivity contribution < 1.29 is 32.4 Å². The number of allylic oxidation sites excluding steroid dienone is 1. The minimum atomic E-state index is -3.65. The number of ketones is 1. The predicted octanol–water partition coefficient (Wildman–Crippen LogP) is 3.67. The summed E-state index contributed by atoms with van der Waals surface area (Å²) >= 11 is 0. The number of Topliss-reactive ketones (excluding diaryl/α,β-unsaturated/α-hetero) is 1. The highest BCUT2D eigenvalue weighted by Crippen LogP contribution is 2.65. The van der Waals surface area contributed by atoms with E-state index in [4.69, 9.17) is 0 Å². The van der Waals surface area contributed by atoms with E-state index in [0.29, 0.717) is 45.1 Å². The summed E-state index contributed by atoms with van der Waals surface area (Å²) in [5, 5.41) is 11.2. The number of carbonyl (C=O) groups excluding carboxylic acids is 5. The van der Waals surface area contributed by atoms with Crippen molar-refractivity contribution in [2.75, 3.05) is 18.8 Å². The van der Waals surface area contributed by atoms with Gasteiger partial charge in [-0.1, -0.05) is 90.7 Å². The minimum Gasteiger partial charge on any atom is -0.346 e. The molecule has 5 atom stereocenters. The van der Waals surface area contributed by atoms with Crippen molar-refractivity contribution in [2.24, 2.45) is 17.3 Å². The lowest BCUT2D eigenvalue weighted by Crippen LogP contribution is -2.61. The second-order valence-corrected chi connectivity index (χ2v) is 17.5. The van der Waals surface area contributed by atoms with E-state index >= 15 is 0 Å². The first-order valence-corrected chi connectivity index (χ1v) is 19.8. The van der Waals surface area contributed by atoms with E-state index in [2.05, 4.69) is 48.3 Å². The van der Waals surface area contributed by atoms with Gasteiger partial charge in [0.15, 0.2) is 9.84 Å². The van der Waals surface area contributed by atoms with E-state index < -0.39 is 57.1 Å². The Morgan fingerprint density at radius 1 is 0.959 bits per heavy atom. The second-order valence-electron chi connectivity index (χ2n) is 15.3. The highest BCUT2D eigenvalue weighted by atomic mass is 32.2. The Kier molecular flexibility index (Phi) is 12.8. The molecule has 49 heavy (non-hydrogen) atoms. The van der Waals surface area contributed by atoms with Gasteiger partial charge in [-0.2, -0.15) is 0 Å². The van der Waals surface area contributed by atoms with Gasteiger partial charge >= 0.3 is 6.03 Å². The number of carbonyl (C=O) groups is 5. The second kappa shape index (κ2) is 16.2. The van der Waals surface area contributed by atoms with E-state index in [1.165, 1.54) is 13.0 Å². The van der Waals surface area contributed by atoms with E-state index in [9.17, 15) is 32.4 Å². The number of amides is 5. The summed E-state index contributed by atoms with van der Waals surface area (Å²) in [4.78, 5) is 69.5. The van der Waals surface area contributed by atoms with Gasteiger partial charge in [-0.05, 0) is 49.9 Å². The first-order valence-electron chi connectivity index (χ1n) is 18.1. The van der Waals surface area contributed by atoms with Crippen LogP contribution in [-0.2, 0) is 29.0 Å². The molecule has 4 fully saturated rings. The molecule has 0 bridgehead atoms. The highest BCUT2D eigenvalue weighted by molar-refractivity contribution is 7.95. The molecule has 0 unspecified atom stereocenters. The Morgan fingerprint density at radius 3 is 2.16 bits per heavy atom. The Morgan fingerprint density at radius 2 is 1.55 bits per heavy atom. The maximum absolute atomic E-state index is 14.4. The lowest BCUT2D eigenvalue weighted by Gasteiger charge is -2.38. The third-order valence-electron chi connectivity index (χ3n) is 11.3. The van der Waals surface area contributed by atoms with Gasteiger partial charge in [0.25, 0.3) is 5.91 Å². The molecule has 0 spiro atoms. The van der Waals surface area contributed by atoms with Crippen LogP contribution in [0.3, 0.4) is 0 Å². The van der Waals surface area contributed by atoms with Crippen LogP contribution < -0.4 is 21.3 Å². The summed E-state index contributed by atoms with van der Waals surface area (Å²) in [5.74, 6) is -2.66. The summed E-state index contributed by atoms with van der Waals surface area (Å²) in [6, 6.07) is -3.41. The normalized spacial score (nSPS) is 29.0. The van der Waals surface area contributed by atoms with Crippen molar-refractivity contribution in [3.63, 3.8) is 0 Å². The Balaban J connectivity index is 1.58. The minimum absolute atomic E-state index is 0.0496. The van der Waals surface area contributed by atoms with Crippen LogP contribution in [0.25, 0.3) is 0 Å². The maximum Gasteiger partial charge on any atom is 0.315 e. The number of hydrogen-bond acceptors (Lipinski definition) is 7. The van der Waals surface area contributed by atoms with Crippen LogP contribution >= 0.6 is 0 Å². The average Bonchev–Trinajstić information content (AvgIpc) is 3.34. The molecule has 5 amide bonds. The van der Waals surface area contributed by atoms with Gasteiger partial charge in [0.2, 0.25) is 17.6 Å². The zero-order chi connectivity index (χ0) is 36.0. The number of nitrogens with one attached hydrogen (secondary N) is 4. The number of fused-ring (bicyclic) bond motifs is 3. The fraction of sp³-hybridized carbons (Fsp3) is 0.750. The highest BCUT2D eigenvalue weighted by Gasteiger charge is 2.69. The standard InChI is InChI=1S/C36H57N5O7S/c1-6-21-37-32(44)30(42)26-17-13-10-8-7-9-11-14-18-27(33(45)41-22-25-28(35(25,4)5)29(41)31(43)38-26)39-34(46)40-36(19-15-12-16-20-36)23-49(47,48)24(2)3/h6,25-29H,1-2,7-23H2,3-5H3,(H,37,44)(H,38,43)(H2,39,40,46)/t25-,26-,27-,28-,29-/m0/s1. The summed E-state index contributed by atoms with van der Waals surface area (Å²) in [5.41, 5.74) is -1.16. The van der Waals surface area contributed by atoms with Gasteiger partial charge in [0.1, 0.15) is 12.1 Å². The first kappa shape index (κ1) is 38.6. The molecule has 0 aromatic heterocycles. The van der Waals surface area contributed by atoms with Crippen molar-refractivity contribution in [1.82, 2.24) is 26.2 Å². The molecule has 4 N–H and O–H groups in total. The zero-order valence-corrected chi connectivity index (χ0v) is 30.4. The number of sulfone groups is 1. The number of nitrogens with zero attached hydrogens (tertiary/aromatic N) is 1. The summed E-state index contributed by atoms with van der Waals surface area (Å²) in [6.45, 7) is 13.2. The fourth-order valence-electron chi connectivity index (χ4n) is 8.24. The first-order chi connectivity index (χ1) is 23.1. The smallest absolute Gasteiger partial charge is 0.315 e. The van der Waals surface area contributed by atoms with Gasteiger partial charge in [0.05, 0.1) is 17.3 Å². The van der Waals surface area contributed by atoms with Gasteiger partial charge in [-0.15, -0.1) is 6.58 Å². The van der Waals surface area contributed by atoms with Gasteiger partial charge in [-0.25, -0.2) is 13.2 Å². The number of hydrogen-bond donors (Lipinski definition) is 4. The Labute approximate surface area is 292 Å². The fourth-order valence-corrected chi connectivity index (χ4v) is 9.58. The van der Waals surface area contributed by atoms with Crippen molar-refractivity contribution >= 4 is 39.4 Å². The maximum atomic E-state index is 14.4. The van der Waals surface area contributed by atoms with E-state index in [1.54, 1.807) is 4.90 Å². The van der Waals surface area contributed by atoms with Crippen LogP contribution in [0.5, 0.6) is 0 Å². The number of rotatable bonds is 9. The Hall–Kier alpha value is -3.22. The van der Waals surface area contributed by atoms with Crippen LogP contribution in [0.4, 0.5) is 4.79 Å². The molecule has 2 aliphatic heterocycles. The SMILES string of the molecule is C=CCNC(=O)C(=O)[C@@H]1CCCCCCCCC[C@H](NC(=O)NC2(CS(=O)(=O)C(=C)C)CCCCC2)C(=O)N2C[C@H]3[C@@H]([C@H]2C(=O)N1)C3(C)C. The Bertz CT molecular complexity index is 1400. The van der Waals surface area contributed by atoms with Crippen molar-refractivity contribution in [3.8, 4) is 0 Å². The molecule has 2 saturated carbocycles. The summed E-state index contributed by atoms with van der Waals surface area (Å²) in [6.07, 6.45) is 11.6. The van der Waals surface area contributed by atoms with E-state index in [-0.39, 0.29) is 40.4 Å². The molecule has 274 valence electrons. The van der Waals surface area contributed by atoms with Crippen molar-refractivity contribution in [3.05, 3.63) is 24.1 Å². The lowest BCUT2D eigenvalue weighted by atomic mass is 9.83. The third-order valence-corrected chi connectivity index (χ3v) is 13.3. The summed E-state index contributed by atoms with van der Waals surface area (Å²) in [7, 11) is -3.65. The molecule has 2 saturated heterocycles. The largest absolute Gasteiger partial charge is 0.346 e. The van der Waals surface area contributed by atoms with Crippen LogP contribution in [0, 0.1) is 17.3 Å². The topological polar surface area (TPSA) is 171 Å². The number of urea groups is 1. The average molecular weight is 704 g/mol. The number of piperidine rings is 1. The lowest BCUT2D eigenvalue weighted by molar-refractivity contribution is -0.144. The molecule has 2 heterocycles. The molecule has 4 aliphatic rings. The molecular weight excluding hydrogens is 646 g/mol. The molecule has 0 aromatic rings. The molecule has 4 rings (SSSR count).